The fourth-order valence-electron chi connectivity index (χ4n) is 4.33. The van der Waals surface area contributed by atoms with Gasteiger partial charge in [-0.15, -0.1) is 0 Å². The Bertz CT molecular complexity index is 1220. The largest absolute Gasteiger partial charge is 0.507 e. The molecule has 1 amide bonds. The number of carbonyl (C=O) groups is 2. The van der Waals surface area contributed by atoms with Crippen molar-refractivity contribution in [1.29, 1.82) is 0 Å². The molecule has 0 aliphatic carbocycles. The monoisotopic (exact) mass is 489 g/mol. The van der Waals surface area contributed by atoms with Crippen LogP contribution in [-0.4, -0.2) is 51.0 Å². The van der Waals surface area contributed by atoms with E-state index in [0.29, 0.717) is 55.4 Å². The van der Waals surface area contributed by atoms with E-state index in [1.54, 1.807) is 36.8 Å². The number of hydrogen-bond donors (Lipinski definition) is 1. The second-order valence-electron chi connectivity index (χ2n) is 8.52. The van der Waals surface area contributed by atoms with Crippen LogP contribution in [0, 0.1) is 0 Å². The maximum atomic E-state index is 13.2. The Morgan fingerprint density at radius 2 is 1.83 bits per heavy atom. The molecule has 0 saturated carbocycles. The van der Waals surface area contributed by atoms with Crippen LogP contribution in [0.25, 0.3) is 5.76 Å². The highest BCUT2D eigenvalue weighted by Gasteiger charge is 2.45. The van der Waals surface area contributed by atoms with Crippen LogP contribution in [-0.2, 0) is 16.1 Å². The van der Waals surface area contributed by atoms with Crippen LogP contribution in [0.4, 0.5) is 0 Å². The normalized spacial score (nSPS) is 16.9. The number of aryl methyl sites for hydroxylation is 1. The summed E-state index contributed by atoms with van der Waals surface area (Å²) in [5.41, 5.74) is 1.21. The lowest BCUT2D eigenvalue weighted by molar-refractivity contribution is -0.139. The molecule has 0 radical (unpaired) electrons. The zero-order chi connectivity index (χ0) is 25.5. The second-order valence-corrected chi connectivity index (χ2v) is 8.52. The quantitative estimate of drug-likeness (QED) is 0.241. The minimum absolute atomic E-state index is 0.0681. The molecule has 4 rings (SSSR count). The zero-order valence-corrected chi connectivity index (χ0v) is 20.6. The van der Waals surface area contributed by atoms with E-state index in [-0.39, 0.29) is 11.3 Å². The first-order chi connectivity index (χ1) is 17.5. The standard InChI is InChI=1S/C28H31N3O5/c1-3-17-36-22-11-9-20(10-12-22)26(32)24-25(21-7-5-8-23(18-21)35-4-2)31(28(34)27(24)33)15-6-14-30-16-13-29-19-30/h5,7-13,16,18-19,25,32H,3-4,6,14-15,17H2,1-2H3/b26-24+. The smallest absolute Gasteiger partial charge is 0.295 e. The number of nitrogens with zero attached hydrogens (tertiary/aromatic N) is 3. The molecule has 1 fully saturated rings. The van der Waals surface area contributed by atoms with E-state index in [2.05, 4.69) is 4.98 Å². The maximum absolute atomic E-state index is 13.2. The predicted octanol–water partition coefficient (Wildman–Crippen LogP) is 4.58. The molecule has 2 aromatic carbocycles. The number of benzene rings is 2. The molecule has 1 atom stereocenters. The summed E-state index contributed by atoms with van der Waals surface area (Å²) in [7, 11) is 0. The first kappa shape index (κ1) is 25.0. The summed E-state index contributed by atoms with van der Waals surface area (Å²) >= 11 is 0. The first-order valence-corrected chi connectivity index (χ1v) is 12.2. The highest BCUT2D eigenvalue weighted by molar-refractivity contribution is 6.46. The summed E-state index contributed by atoms with van der Waals surface area (Å²) in [5, 5.41) is 11.3. The molecule has 1 N–H and O–H groups in total. The Balaban J connectivity index is 1.70. The summed E-state index contributed by atoms with van der Waals surface area (Å²) in [6.45, 7) is 5.98. The van der Waals surface area contributed by atoms with Gasteiger partial charge in [0.05, 0.1) is 31.2 Å². The van der Waals surface area contributed by atoms with Crippen LogP contribution in [0.5, 0.6) is 11.5 Å². The van der Waals surface area contributed by atoms with Crippen LogP contribution < -0.4 is 9.47 Å². The summed E-state index contributed by atoms with van der Waals surface area (Å²) in [5.74, 6) is -0.227. The average molecular weight is 490 g/mol. The lowest BCUT2D eigenvalue weighted by Gasteiger charge is -2.25. The Hall–Kier alpha value is -4.07. The van der Waals surface area contributed by atoms with Crippen LogP contribution in [0.1, 0.15) is 43.9 Å². The van der Waals surface area contributed by atoms with E-state index in [0.717, 1.165) is 6.42 Å². The molecule has 2 heterocycles. The minimum atomic E-state index is -0.732. The van der Waals surface area contributed by atoms with Gasteiger partial charge in [-0.05, 0) is 61.7 Å². The van der Waals surface area contributed by atoms with Crippen LogP contribution >= 0.6 is 0 Å². The number of aliphatic hydroxyl groups excluding tert-OH is 1. The summed E-state index contributed by atoms with van der Waals surface area (Å²) in [6, 6.07) is 13.5. The molecule has 3 aromatic rings. The number of carbonyl (C=O) groups excluding carboxylic acids is 2. The van der Waals surface area contributed by atoms with Gasteiger partial charge >= 0.3 is 0 Å². The van der Waals surface area contributed by atoms with Crippen molar-refractivity contribution in [2.45, 2.75) is 39.3 Å². The van der Waals surface area contributed by atoms with Crippen molar-refractivity contribution in [1.82, 2.24) is 14.5 Å². The lowest BCUT2D eigenvalue weighted by Crippen LogP contribution is -2.31. The number of ether oxygens (including phenoxy) is 2. The number of amides is 1. The van der Waals surface area contributed by atoms with Crippen molar-refractivity contribution in [3.05, 3.63) is 84.0 Å². The first-order valence-electron chi connectivity index (χ1n) is 12.2. The number of imidazole rings is 1. The van der Waals surface area contributed by atoms with Gasteiger partial charge in [0.1, 0.15) is 17.3 Å². The molecular weight excluding hydrogens is 458 g/mol. The Kier molecular flexibility index (Phi) is 8.05. The van der Waals surface area contributed by atoms with Crippen molar-refractivity contribution in [3.63, 3.8) is 0 Å². The number of hydrogen-bond acceptors (Lipinski definition) is 6. The third kappa shape index (κ3) is 5.43. The Morgan fingerprint density at radius 1 is 1.03 bits per heavy atom. The van der Waals surface area contributed by atoms with Gasteiger partial charge in [-0.1, -0.05) is 19.1 Å². The van der Waals surface area contributed by atoms with Crippen LogP contribution in [0.15, 0.2) is 72.8 Å². The van der Waals surface area contributed by atoms with Crippen molar-refractivity contribution in [2.75, 3.05) is 19.8 Å². The number of aromatic nitrogens is 2. The highest BCUT2D eigenvalue weighted by Crippen LogP contribution is 2.40. The lowest BCUT2D eigenvalue weighted by atomic mass is 9.95. The molecule has 8 heteroatoms. The van der Waals surface area contributed by atoms with Crippen molar-refractivity contribution < 1.29 is 24.2 Å². The molecule has 0 bridgehead atoms. The molecular formula is C28H31N3O5. The van der Waals surface area contributed by atoms with Crippen molar-refractivity contribution >= 4 is 17.4 Å². The van der Waals surface area contributed by atoms with E-state index in [1.807, 2.05) is 48.9 Å². The topological polar surface area (TPSA) is 93.9 Å². The van der Waals surface area contributed by atoms with E-state index < -0.39 is 17.7 Å². The number of ketones is 1. The Labute approximate surface area is 210 Å². The second kappa shape index (κ2) is 11.6. The SMILES string of the molecule is CCCOc1ccc(/C(O)=C2\C(=O)C(=O)N(CCCn3ccnc3)C2c2cccc(OCC)c2)cc1. The van der Waals surface area contributed by atoms with Crippen molar-refractivity contribution in [2.24, 2.45) is 0 Å². The van der Waals surface area contributed by atoms with Gasteiger partial charge in [-0.2, -0.15) is 0 Å². The van der Waals surface area contributed by atoms with E-state index >= 15 is 0 Å². The molecule has 1 aliphatic heterocycles. The molecule has 1 saturated heterocycles. The van der Waals surface area contributed by atoms with Gasteiger partial charge in [-0.25, -0.2) is 4.98 Å². The minimum Gasteiger partial charge on any atom is -0.507 e. The average Bonchev–Trinajstić information content (AvgIpc) is 3.50. The summed E-state index contributed by atoms with van der Waals surface area (Å²) in [4.78, 5) is 32.0. The van der Waals surface area contributed by atoms with Crippen LogP contribution in [0.3, 0.4) is 0 Å². The molecule has 1 aliphatic rings. The molecule has 1 unspecified atom stereocenters. The van der Waals surface area contributed by atoms with E-state index in [9.17, 15) is 14.7 Å². The summed E-state index contributed by atoms with van der Waals surface area (Å²) < 4.78 is 13.2. The zero-order valence-electron chi connectivity index (χ0n) is 20.6. The van der Waals surface area contributed by atoms with Gasteiger partial charge < -0.3 is 24.0 Å². The fourth-order valence-corrected chi connectivity index (χ4v) is 4.33. The number of Topliss-reactive ketones (excluding diaryl/α,β-unsaturated/α-hetero) is 1. The number of likely N-dealkylation sites (tertiary alicyclic amines) is 1. The highest BCUT2D eigenvalue weighted by atomic mass is 16.5. The number of aliphatic hydroxyl groups is 1. The molecule has 188 valence electrons. The van der Waals surface area contributed by atoms with Crippen molar-refractivity contribution in [3.8, 4) is 11.5 Å². The van der Waals surface area contributed by atoms with Gasteiger partial charge in [-0.3, -0.25) is 9.59 Å². The molecule has 8 nitrogen and oxygen atoms in total. The van der Waals surface area contributed by atoms with Gasteiger partial charge in [0, 0.05) is 31.0 Å². The predicted molar refractivity (Wildman–Crippen MR) is 136 cm³/mol. The fraction of sp³-hybridized carbons (Fsp3) is 0.321. The van der Waals surface area contributed by atoms with Gasteiger partial charge in [0.15, 0.2) is 0 Å². The third-order valence-corrected chi connectivity index (χ3v) is 6.00. The molecule has 1 aromatic heterocycles. The third-order valence-electron chi connectivity index (χ3n) is 6.00. The molecule has 0 spiro atoms. The van der Waals surface area contributed by atoms with E-state index in [1.165, 1.54) is 4.90 Å². The molecule has 36 heavy (non-hydrogen) atoms. The summed E-state index contributed by atoms with van der Waals surface area (Å²) in [6.07, 6.45) is 6.77. The van der Waals surface area contributed by atoms with Gasteiger partial charge in [0.2, 0.25) is 0 Å². The van der Waals surface area contributed by atoms with Gasteiger partial charge in [0.25, 0.3) is 11.7 Å². The maximum Gasteiger partial charge on any atom is 0.295 e. The van der Waals surface area contributed by atoms with E-state index in [4.69, 9.17) is 9.47 Å². The van der Waals surface area contributed by atoms with Crippen LogP contribution in [0.2, 0.25) is 0 Å². The number of rotatable bonds is 11. The Morgan fingerprint density at radius 3 is 2.53 bits per heavy atom.